The number of fused-ring (bicyclic) bond motifs is 1. The Morgan fingerprint density at radius 3 is 2.94 bits per heavy atom. The van der Waals surface area contributed by atoms with Crippen LogP contribution in [0.25, 0.3) is 11.0 Å². The van der Waals surface area contributed by atoms with Crippen LogP contribution in [0.2, 0.25) is 0 Å². The van der Waals surface area contributed by atoms with Gasteiger partial charge >= 0.3 is 0 Å². The SMILES string of the molecule is COCCONC(C)c1cc2cc(Br)ccc2o1. The lowest BCUT2D eigenvalue weighted by atomic mass is 10.2. The molecule has 1 aromatic carbocycles. The largest absolute Gasteiger partial charge is 0.459 e. The lowest BCUT2D eigenvalue weighted by molar-refractivity contribution is -0.0123. The smallest absolute Gasteiger partial charge is 0.134 e. The molecule has 0 aliphatic rings. The predicted molar refractivity (Wildman–Crippen MR) is 73.3 cm³/mol. The maximum Gasteiger partial charge on any atom is 0.134 e. The number of rotatable bonds is 6. The van der Waals surface area contributed by atoms with Crippen LogP contribution >= 0.6 is 15.9 Å². The molecule has 2 rings (SSSR count). The third-order valence-corrected chi connectivity index (χ3v) is 3.07. The summed E-state index contributed by atoms with van der Waals surface area (Å²) in [5.41, 5.74) is 3.80. The summed E-state index contributed by atoms with van der Waals surface area (Å²) in [4.78, 5) is 5.27. The van der Waals surface area contributed by atoms with Gasteiger partial charge in [-0.05, 0) is 31.2 Å². The Balaban J connectivity index is 2.01. The molecule has 0 saturated carbocycles. The van der Waals surface area contributed by atoms with Crippen LogP contribution in [-0.2, 0) is 9.57 Å². The van der Waals surface area contributed by atoms with E-state index in [0.29, 0.717) is 13.2 Å². The van der Waals surface area contributed by atoms with Gasteiger partial charge in [0.2, 0.25) is 0 Å². The van der Waals surface area contributed by atoms with Crippen molar-refractivity contribution in [3.8, 4) is 0 Å². The van der Waals surface area contributed by atoms with E-state index in [2.05, 4.69) is 21.4 Å². The van der Waals surface area contributed by atoms with E-state index < -0.39 is 0 Å². The molecular formula is C13H16BrNO3. The molecular weight excluding hydrogens is 298 g/mol. The Labute approximate surface area is 114 Å². The number of halogens is 1. The van der Waals surface area contributed by atoms with Gasteiger partial charge in [-0.25, -0.2) is 0 Å². The van der Waals surface area contributed by atoms with E-state index >= 15 is 0 Å². The molecule has 0 amide bonds. The van der Waals surface area contributed by atoms with Crippen LogP contribution in [0.3, 0.4) is 0 Å². The molecule has 0 aliphatic carbocycles. The fraction of sp³-hybridized carbons (Fsp3) is 0.385. The molecule has 0 radical (unpaired) electrons. The van der Waals surface area contributed by atoms with Gasteiger partial charge in [-0.1, -0.05) is 15.9 Å². The summed E-state index contributed by atoms with van der Waals surface area (Å²) < 4.78 is 11.7. The van der Waals surface area contributed by atoms with Gasteiger partial charge in [0.25, 0.3) is 0 Å². The van der Waals surface area contributed by atoms with Crippen molar-refractivity contribution in [3.05, 3.63) is 34.5 Å². The van der Waals surface area contributed by atoms with E-state index in [0.717, 1.165) is 21.2 Å². The highest BCUT2D eigenvalue weighted by Gasteiger charge is 2.11. The first-order chi connectivity index (χ1) is 8.70. The average molecular weight is 314 g/mol. The number of benzene rings is 1. The number of hydrogen-bond donors (Lipinski definition) is 1. The van der Waals surface area contributed by atoms with Gasteiger partial charge in [-0.2, -0.15) is 5.48 Å². The summed E-state index contributed by atoms with van der Waals surface area (Å²) in [6.45, 7) is 3.05. The van der Waals surface area contributed by atoms with Crippen molar-refractivity contribution in [2.45, 2.75) is 13.0 Å². The van der Waals surface area contributed by atoms with E-state index in [1.165, 1.54) is 0 Å². The first kappa shape index (κ1) is 13.5. The van der Waals surface area contributed by atoms with Crippen LogP contribution in [0, 0.1) is 0 Å². The second-order valence-corrected chi connectivity index (χ2v) is 4.93. The highest BCUT2D eigenvalue weighted by atomic mass is 79.9. The third kappa shape index (κ3) is 3.32. The summed E-state index contributed by atoms with van der Waals surface area (Å²) in [5, 5.41) is 1.07. The van der Waals surface area contributed by atoms with Crippen LogP contribution in [0.5, 0.6) is 0 Å². The molecule has 4 nitrogen and oxygen atoms in total. The zero-order valence-electron chi connectivity index (χ0n) is 10.4. The van der Waals surface area contributed by atoms with Crippen molar-refractivity contribution in [3.63, 3.8) is 0 Å². The number of furan rings is 1. The number of methoxy groups -OCH3 is 1. The van der Waals surface area contributed by atoms with Gasteiger partial charge < -0.3 is 9.15 Å². The van der Waals surface area contributed by atoms with Crippen molar-refractivity contribution >= 4 is 26.9 Å². The average Bonchev–Trinajstić information content (AvgIpc) is 2.77. The Morgan fingerprint density at radius 1 is 1.33 bits per heavy atom. The molecule has 1 heterocycles. The maximum atomic E-state index is 5.75. The predicted octanol–water partition coefficient (Wildman–Crippen LogP) is 3.42. The minimum Gasteiger partial charge on any atom is -0.459 e. The van der Waals surface area contributed by atoms with Crippen molar-refractivity contribution < 1.29 is 14.0 Å². The van der Waals surface area contributed by atoms with Gasteiger partial charge in [0.15, 0.2) is 0 Å². The van der Waals surface area contributed by atoms with Gasteiger partial charge in [0.05, 0.1) is 19.3 Å². The summed E-state index contributed by atoms with van der Waals surface area (Å²) in [5.74, 6) is 0.848. The third-order valence-electron chi connectivity index (χ3n) is 2.57. The fourth-order valence-corrected chi connectivity index (χ4v) is 1.99. The molecule has 1 aromatic heterocycles. The molecule has 1 atom stereocenters. The highest BCUT2D eigenvalue weighted by Crippen LogP contribution is 2.26. The standard InChI is InChI=1S/C13H16BrNO3/c1-9(15-17-6-5-16-2)13-8-10-7-11(14)3-4-12(10)18-13/h3-4,7-9,15H,5-6H2,1-2H3. The summed E-state index contributed by atoms with van der Waals surface area (Å²) >= 11 is 3.44. The van der Waals surface area contributed by atoms with Crippen LogP contribution in [0.4, 0.5) is 0 Å². The minimum absolute atomic E-state index is 0.00645. The minimum atomic E-state index is -0.00645. The summed E-state index contributed by atoms with van der Waals surface area (Å²) in [7, 11) is 1.64. The van der Waals surface area contributed by atoms with E-state index in [-0.39, 0.29) is 6.04 Å². The van der Waals surface area contributed by atoms with Gasteiger partial charge in [-0.15, -0.1) is 0 Å². The van der Waals surface area contributed by atoms with Crippen LogP contribution in [0.15, 0.2) is 33.2 Å². The van der Waals surface area contributed by atoms with Crippen molar-refractivity contribution in [1.82, 2.24) is 5.48 Å². The molecule has 0 bridgehead atoms. The second-order valence-electron chi connectivity index (χ2n) is 4.01. The first-order valence-corrected chi connectivity index (χ1v) is 6.55. The van der Waals surface area contributed by atoms with Gasteiger partial charge in [0, 0.05) is 17.0 Å². The van der Waals surface area contributed by atoms with Gasteiger partial charge in [0.1, 0.15) is 11.3 Å². The number of nitrogens with one attached hydrogen (secondary N) is 1. The van der Waals surface area contributed by atoms with E-state index in [4.69, 9.17) is 14.0 Å². The topological polar surface area (TPSA) is 43.6 Å². The molecule has 0 spiro atoms. The normalized spacial score (nSPS) is 13.1. The Morgan fingerprint density at radius 2 is 2.17 bits per heavy atom. The zero-order chi connectivity index (χ0) is 13.0. The molecule has 98 valence electrons. The Hall–Kier alpha value is -0.880. The molecule has 1 N–H and O–H groups in total. The highest BCUT2D eigenvalue weighted by molar-refractivity contribution is 9.10. The number of hydroxylamine groups is 1. The molecule has 1 unspecified atom stereocenters. The van der Waals surface area contributed by atoms with Gasteiger partial charge in [-0.3, -0.25) is 4.84 Å². The number of ether oxygens (including phenoxy) is 1. The fourth-order valence-electron chi connectivity index (χ4n) is 1.62. The Bertz CT molecular complexity index is 512. The summed E-state index contributed by atoms with van der Waals surface area (Å²) in [6.07, 6.45) is 0. The molecule has 18 heavy (non-hydrogen) atoms. The van der Waals surface area contributed by atoms with Crippen LogP contribution in [-0.4, -0.2) is 20.3 Å². The lowest BCUT2D eigenvalue weighted by Crippen LogP contribution is -2.20. The number of hydrogen-bond acceptors (Lipinski definition) is 4. The second kappa shape index (κ2) is 6.33. The molecule has 0 fully saturated rings. The molecule has 0 saturated heterocycles. The summed E-state index contributed by atoms with van der Waals surface area (Å²) in [6, 6.07) is 7.94. The zero-order valence-corrected chi connectivity index (χ0v) is 12.0. The maximum absolute atomic E-state index is 5.75. The monoisotopic (exact) mass is 313 g/mol. The van der Waals surface area contributed by atoms with Crippen LogP contribution in [0.1, 0.15) is 18.7 Å². The molecule has 2 aromatic rings. The molecule has 5 heteroatoms. The van der Waals surface area contributed by atoms with Crippen LogP contribution < -0.4 is 5.48 Å². The van der Waals surface area contributed by atoms with E-state index in [9.17, 15) is 0 Å². The first-order valence-electron chi connectivity index (χ1n) is 5.76. The van der Waals surface area contributed by atoms with E-state index in [1.807, 2.05) is 31.2 Å². The van der Waals surface area contributed by atoms with Crippen molar-refractivity contribution in [2.24, 2.45) is 0 Å². The lowest BCUT2D eigenvalue weighted by Gasteiger charge is -2.10. The molecule has 0 aliphatic heterocycles. The Kier molecular flexibility index (Phi) is 4.77. The quantitative estimate of drug-likeness (QED) is 0.655. The van der Waals surface area contributed by atoms with Crippen molar-refractivity contribution in [1.29, 1.82) is 0 Å². The van der Waals surface area contributed by atoms with Crippen molar-refractivity contribution in [2.75, 3.05) is 20.3 Å². The van der Waals surface area contributed by atoms with E-state index in [1.54, 1.807) is 7.11 Å².